The highest BCUT2D eigenvalue weighted by Crippen LogP contribution is 2.35. The molecule has 5 aromatic rings. The molecule has 0 saturated heterocycles. The zero-order valence-corrected chi connectivity index (χ0v) is 23.7. The molecule has 0 radical (unpaired) electrons. The first-order valence-corrected chi connectivity index (χ1v) is 13.6. The lowest BCUT2D eigenvalue weighted by Crippen LogP contribution is -2.17. The van der Waals surface area contributed by atoms with E-state index in [0.717, 1.165) is 17.4 Å². The lowest BCUT2D eigenvalue weighted by Gasteiger charge is -2.17. The Labute approximate surface area is 248 Å². The van der Waals surface area contributed by atoms with Gasteiger partial charge in [0.1, 0.15) is 27.7 Å². The molecular formula is C30H21ClFN5O4S. The maximum Gasteiger partial charge on any atom is 0.255 e. The van der Waals surface area contributed by atoms with Crippen LogP contribution in [0.3, 0.4) is 0 Å². The number of rotatable bonds is 8. The first kappa shape index (κ1) is 28.5. The van der Waals surface area contributed by atoms with Crippen molar-refractivity contribution in [3.8, 4) is 17.7 Å². The van der Waals surface area contributed by atoms with Crippen molar-refractivity contribution in [2.45, 2.75) is 19.3 Å². The summed E-state index contributed by atoms with van der Waals surface area (Å²) in [4.78, 5) is 34.4. The fraction of sp³-hybridized carbons (Fsp3) is 0.100. The number of nitrogens with one attached hydrogen (secondary N) is 2. The molecule has 0 atom stereocenters. The molecule has 0 bridgehead atoms. The van der Waals surface area contributed by atoms with Crippen LogP contribution in [-0.2, 0) is 10.2 Å². The molecule has 0 unspecified atom stereocenters. The molecule has 12 heteroatoms. The summed E-state index contributed by atoms with van der Waals surface area (Å²) in [6.07, 6.45) is 4.36. The van der Waals surface area contributed by atoms with Gasteiger partial charge in [-0.25, -0.2) is 14.4 Å². The molecule has 0 fully saturated rings. The molecule has 9 nitrogen and oxygen atoms in total. The molecule has 0 aliphatic rings. The quantitative estimate of drug-likeness (QED) is 0.175. The predicted molar refractivity (Wildman–Crippen MR) is 158 cm³/mol. The highest BCUT2D eigenvalue weighted by molar-refractivity contribution is 7.22. The summed E-state index contributed by atoms with van der Waals surface area (Å²) in [5, 5.41) is 14.9. The zero-order valence-electron chi connectivity index (χ0n) is 22.1. The second-order valence-corrected chi connectivity index (χ2v) is 10.9. The average molecular weight is 602 g/mol. The average Bonchev–Trinajstić information content (AvgIpc) is 3.64. The van der Waals surface area contributed by atoms with Gasteiger partial charge in [-0.15, -0.1) is 0 Å². The predicted octanol–water partition coefficient (Wildman–Crippen LogP) is 7.57. The molecule has 0 aliphatic heterocycles. The van der Waals surface area contributed by atoms with Crippen LogP contribution >= 0.6 is 22.9 Å². The third-order valence-electron chi connectivity index (χ3n) is 6.01. The Morgan fingerprint density at radius 2 is 1.95 bits per heavy atom. The van der Waals surface area contributed by atoms with Crippen LogP contribution in [0, 0.1) is 17.1 Å². The molecule has 0 spiro atoms. The number of thiazole rings is 1. The molecule has 42 heavy (non-hydrogen) atoms. The lowest BCUT2D eigenvalue weighted by atomic mass is 9.85. The van der Waals surface area contributed by atoms with Gasteiger partial charge in [0.05, 0.1) is 28.5 Å². The third kappa shape index (κ3) is 6.46. The Morgan fingerprint density at radius 1 is 1.12 bits per heavy atom. The maximum absolute atomic E-state index is 14.8. The van der Waals surface area contributed by atoms with Crippen LogP contribution in [-0.4, -0.2) is 21.8 Å². The molecule has 0 aliphatic carbocycles. The van der Waals surface area contributed by atoms with Crippen LogP contribution in [0.5, 0.6) is 11.6 Å². The number of nitrogens with zero attached hydrogens (tertiary/aromatic N) is 3. The smallest absolute Gasteiger partial charge is 0.255 e. The Bertz CT molecular complexity index is 1880. The minimum absolute atomic E-state index is 0.0363. The number of furan rings is 1. The van der Waals surface area contributed by atoms with Gasteiger partial charge in [-0.2, -0.15) is 5.26 Å². The van der Waals surface area contributed by atoms with Crippen LogP contribution in [0.2, 0.25) is 5.02 Å². The summed E-state index contributed by atoms with van der Waals surface area (Å²) in [5.41, 5.74) is 0.465. The van der Waals surface area contributed by atoms with E-state index < -0.39 is 23.0 Å². The molecule has 5 rings (SSSR count). The summed E-state index contributed by atoms with van der Waals surface area (Å²) in [5.74, 6) is -0.999. The van der Waals surface area contributed by atoms with Crippen LogP contribution in [0.1, 0.15) is 35.5 Å². The van der Waals surface area contributed by atoms with Crippen molar-refractivity contribution in [3.05, 3.63) is 101 Å². The molecule has 3 heterocycles. The monoisotopic (exact) mass is 601 g/mol. The second-order valence-electron chi connectivity index (χ2n) is 9.47. The van der Waals surface area contributed by atoms with Crippen molar-refractivity contribution < 1.29 is 23.1 Å². The van der Waals surface area contributed by atoms with Crippen LogP contribution in [0.15, 0.2) is 77.4 Å². The minimum Gasteiger partial charge on any atom is -0.465 e. The van der Waals surface area contributed by atoms with Gasteiger partial charge in [0.2, 0.25) is 11.8 Å². The van der Waals surface area contributed by atoms with Crippen molar-refractivity contribution in [1.29, 1.82) is 5.26 Å². The van der Waals surface area contributed by atoms with E-state index in [9.17, 15) is 19.2 Å². The Balaban J connectivity index is 1.31. The second kappa shape index (κ2) is 11.8. The molecule has 0 saturated carbocycles. The van der Waals surface area contributed by atoms with Crippen molar-refractivity contribution in [3.63, 3.8) is 0 Å². The van der Waals surface area contributed by atoms with Crippen LogP contribution < -0.4 is 15.4 Å². The fourth-order valence-corrected chi connectivity index (χ4v) is 4.75. The highest BCUT2D eigenvalue weighted by atomic mass is 35.5. The van der Waals surface area contributed by atoms with Gasteiger partial charge < -0.3 is 14.5 Å². The van der Waals surface area contributed by atoms with E-state index in [1.807, 2.05) is 0 Å². The van der Waals surface area contributed by atoms with E-state index in [-0.39, 0.29) is 27.9 Å². The molecular weight excluding hydrogens is 581 g/mol. The summed E-state index contributed by atoms with van der Waals surface area (Å²) in [6, 6.07) is 17.7. The van der Waals surface area contributed by atoms with Crippen molar-refractivity contribution in [2.75, 3.05) is 10.6 Å². The standard InChI is InChI=1S/C30H21ClFN5O4S/c1-30(2,16-33)18-6-3-5-17(13-18)27(39)34-23-15-24(20(31)14-21(23)32)41-26-11-9-22-28(37-26)42-29(35-22)36-25(38)10-8-19-7-4-12-40-19/h3-15H,1-2H3,(H,34,39)(H,35,36,38). The fourth-order valence-electron chi connectivity index (χ4n) is 3.73. The van der Waals surface area contributed by atoms with Gasteiger partial charge >= 0.3 is 0 Å². The number of fused-ring (bicyclic) bond motifs is 1. The van der Waals surface area contributed by atoms with E-state index in [1.165, 1.54) is 24.5 Å². The molecule has 210 valence electrons. The zero-order chi connectivity index (χ0) is 29.9. The molecule has 2 N–H and O–H groups in total. The number of carbonyl (C=O) groups excluding carboxylic acids is 2. The first-order chi connectivity index (χ1) is 20.1. The molecule has 2 amide bonds. The Kier molecular flexibility index (Phi) is 8.01. The normalized spacial score (nSPS) is 11.4. The van der Waals surface area contributed by atoms with E-state index >= 15 is 0 Å². The van der Waals surface area contributed by atoms with Crippen molar-refractivity contribution >= 4 is 62.0 Å². The van der Waals surface area contributed by atoms with Gasteiger partial charge in [-0.05, 0) is 61.9 Å². The Morgan fingerprint density at radius 3 is 2.71 bits per heavy atom. The number of ether oxygens (including phenoxy) is 1. The third-order valence-corrected chi connectivity index (χ3v) is 7.19. The first-order valence-electron chi connectivity index (χ1n) is 12.4. The summed E-state index contributed by atoms with van der Waals surface area (Å²) in [6.45, 7) is 3.48. The van der Waals surface area contributed by atoms with Gasteiger partial charge in [0, 0.05) is 23.8 Å². The number of amides is 2. The molecule has 3 aromatic heterocycles. The summed E-state index contributed by atoms with van der Waals surface area (Å²) in [7, 11) is 0. The minimum atomic E-state index is -0.807. The number of hydrogen-bond donors (Lipinski definition) is 2. The van der Waals surface area contributed by atoms with E-state index in [2.05, 4.69) is 26.7 Å². The number of hydrogen-bond acceptors (Lipinski definition) is 8. The molecule has 2 aromatic carbocycles. The number of nitriles is 1. The van der Waals surface area contributed by atoms with Gasteiger partial charge in [0.15, 0.2) is 5.13 Å². The number of anilines is 2. The number of aromatic nitrogens is 2. The maximum atomic E-state index is 14.8. The topological polar surface area (TPSA) is 130 Å². The number of pyridine rings is 1. The number of carbonyl (C=O) groups is 2. The van der Waals surface area contributed by atoms with Crippen LogP contribution in [0.4, 0.5) is 15.2 Å². The van der Waals surface area contributed by atoms with Gasteiger partial charge in [-0.1, -0.05) is 35.1 Å². The highest BCUT2D eigenvalue weighted by Gasteiger charge is 2.21. The summed E-state index contributed by atoms with van der Waals surface area (Å²) < 4.78 is 25.7. The summed E-state index contributed by atoms with van der Waals surface area (Å²) >= 11 is 7.36. The van der Waals surface area contributed by atoms with E-state index in [1.54, 1.807) is 62.4 Å². The lowest BCUT2D eigenvalue weighted by molar-refractivity contribution is -0.111. The SMILES string of the molecule is CC(C)(C#N)c1cccc(C(=O)Nc2cc(Oc3ccc4nc(NC(=O)C=Cc5ccco5)sc4n3)c(Cl)cc2F)c1. The Hall–Kier alpha value is -5.05. The van der Waals surface area contributed by atoms with E-state index in [0.29, 0.717) is 26.8 Å². The van der Waals surface area contributed by atoms with Gasteiger partial charge in [-0.3, -0.25) is 14.9 Å². The van der Waals surface area contributed by atoms with Crippen molar-refractivity contribution in [1.82, 2.24) is 9.97 Å². The largest absolute Gasteiger partial charge is 0.465 e. The van der Waals surface area contributed by atoms with Crippen molar-refractivity contribution in [2.24, 2.45) is 0 Å². The van der Waals surface area contributed by atoms with E-state index in [4.69, 9.17) is 20.8 Å². The number of benzene rings is 2. The van der Waals surface area contributed by atoms with Gasteiger partial charge in [0.25, 0.3) is 5.91 Å². The van der Waals surface area contributed by atoms with Crippen LogP contribution in [0.25, 0.3) is 16.4 Å². The number of halogens is 2.